The minimum absolute atomic E-state index is 0.0633. The maximum Gasteiger partial charge on any atom is 0.412 e. The number of phenolic OH excluding ortho intramolecular Hbond substituents is 1. The first-order chi connectivity index (χ1) is 9.76. The smallest absolute Gasteiger partial charge is 0.412 e. The van der Waals surface area contributed by atoms with Crippen LogP contribution in [0.3, 0.4) is 0 Å². The van der Waals surface area contributed by atoms with E-state index in [9.17, 15) is 9.90 Å². The summed E-state index contributed by atoms with van der Waals surface area (Å²) < 4.78 is 5.15. The number of phenols is 1. The Morgan fingerprint density at radius 2 is 2.14 bits per heavy atom. The van der Waals surface area contributed by atoms with Gasteiger partial charge in [0.1, 0.15) is 17.2 Å². The van der Waals surface area contributed by atoms with Gasteiger partial charge in [0.05, 0.1) is 11.9 Å². The third-order valence-electron chi connectivity index (χ3n) is 2.61. The summed E-state index contributed by atoms with van der Waals surface area (Å²) in [6.45, 7) is 5.28. The van der Waals surface area contributed by atoms with Crippen LogP contribution in [0.1, 0.15) is 20.8 Å². The normalized spacial score (nSPS) is 11.2. The first-order valence-corrected chi connectivity index (χ1v) is 6.38. The number of carbonyl (C=O) groups is 1. The molecule has 1 aromatic carbocycles. The molecule has 0 aliphatic heterocycles. The van der Waals surface area contributed by atoms with Gasteiger partial charge >= 0.3 is 6.09 Å². The quantitative estimate of drug-likeness (QED) is 0.635. The molecule has 112 valence electrons. The van der Waals surface area contributed by atoms with Crippen LogP contribution in [0.5, 0.6) is 5.75 Å². The van der Waals surface area contributed by atoms with E-state index < -0.39 is 11.7 Å². The summed E-state index contributed by atoms with van der Waals surface area (Å²) in [6, 6.07) is 4.74. The SMILES string of the molecule is CC(C)(C)OC(=O)Nc1cc(-c2cn[nH]c2N)ccc1O. The van der Waals surface area contributed by atoms with Gasteiger partial charge in [0.2, 0.25) is 0 Å². The second kappa shape index (κ2) is 5.35. The second-order valence-corrected chi connectivity index (χ2v) is 5.56. The molecule has 0 unspecified atom stereocenters. The zero-order valence-electron chi connectivity index (χ0n) is 12.1. The number of H-pyrrole nitrogens is 1. The number of amides is 1. The summed E-state index contributed by atoms with van der Waals surface area (Å²) in [4.78, 5) is 11.8. The van der Waals surface area contributed by atoms with Gasteiger partial charge in [-0.25, -0.2) is 4.79 Å². The van der Waals surface area contributed by atoms with Gasteiger partial charge in [-0.3, -0.25) is 10.4 Å². The Morgan fingerprint density at radius 3 is 2.71 bits per heavy atom. The second-order valence-electron chi connectivity index (χ2n) is 5.56. The number of anilines is 2. The van der Waals surface area contributed by atoms with E-state index in [0.717, 1.165) is 0 Å². The summed E-state index contributed by atoms with van der Waals surface area (Å²) in [5.41, 5.74) is 6.77. The van der Waals surface area contributed by atoms with Gasteiger partial charge in [-0.2, -0.15) is 5.10 Å². The number of nitrogens with one attached hydrogen (secondary N) is 2. The monoisotopic (exact) mass is 290 g/mol. The number of aromatic hydroxyl groups is 1. The lowest BCUT2D eigenvalue weighted by atomic mass is 10.1. The molecule has 1 heterocycles. The number of nitrogens with zero attached hydrogens (tertiary/aromatic N) is 1. The Bertz CT molecular complexity index is 658. The van der Waals surface area contributed by atoms with Crippen molar-refractivity contribution in [2.45, 2.75) is 26.4 Å². The summed E-state index contributed by atoms with van der Waals surface area (Å²) in [5.74, 6) is 0.343. The van der Waals surface area contributed by atoms with Crippen molar-refractivity contribution in [1.29, 1.82) is 0 Å². The molecule has 0 bridgehead atoms. The van der Waals surface area contributed by atoms with E-state index in [1.807, 2.05) is 0 Å². The fraction of sp³-hybridized carbons (Fsp3) is 0.286. The van der Waals surface area contributed by atoms with Gasteiger partial charge in [-0.15, -0.1) is 0 Å². The van der Waals surface area contributed by atoms with E-state index in [2.05, 4.69) is 15.5 Å². The fourth-order valence-electron chi connectivity index (χ4n) is 1.74. The molecule has 7 nitrogen and oxygen atoms in total. The van der Waals surface area contributed by atoms with E-state index in [-0.39, 0.29) is 11.4 Å². The third kappa shape index (κ3) is 3.65. The predicted octanol–water partition coefficient (Wildman–Crippen LogP) is 2.71. The summed E-state index contributed by atoms with van der Waals surface area (Å²) in [6.07, 6.45) is 0.925. The Kier molecular flexibility index (Phi) is 3.75. The number of nitrogen functional groups attached to an aromatic ring is 1. The van der Waals surface area contributed by atoms with E-state index in [4.69, 9.17) is 10.5 Å². The van der Waals surface area contributed by atoms with Crippen LogP contribution >= 0.6 is 0 Å². The molecular formula is C14H18N4O3. The molecule has 21 heavy (non-hydrogen) atoms. The number of carbonyl (C=O) groups excluding carboxylic acids is 1. The molecule has 0 aliphatic rings. The average Bonchev–Trinajstić information content (AvgIpc) is 2.76. The molecule has 0 radical (unpaired) electrons. The molecule has 0 fully saturated rings. The lowest BCUT2D eigenvalue weighted by Crippen LogP contribution is -2.27. The molecule has 0 spiro atoms. The molecule has 1 amide bonds. The number of nitrogens with two attached hydrogens (primary N) is 1. The van der Waals surface area contributed by atoms with Gasteiger partial charge < -0.3 is 15.6 Å². The van der Waals surface area contributed by atoms with Crippen LogP contribution in [0.15, 0.2) is 24.4 Å². The largest absolute Gasteiger partial charge is 0.506 e. The molecule has 7 heteroatoms. The fourth-order valence-corrected chi connectivity index (χ4v) is 1.74. The topological polar surface area (TPSA) is 113 Å². The van der Waals surface area contributed by atoms with Crippen molar-refractivity contribution < 1.29 is 14.6 Å². The van der Waals surface area contributed by atoms with Crippen molar-refractivity contribution in [2.75, 3.05) is 11.1 Å². The highest BCUT2D eigenvalue weighted by Gasteiger charge is 2.17. The van der Waals surface area contributed by atoms with Gasteiger partial charge in [0, 0.05) is 5.56 Å². The molecule has 5 N–H and O–H groups in total. The first-order valence-electron chi connectivity index (χ1n) is 6.38. The third-order valence-corrected chi connectivity index (χ3v) is 2.61. The Morgan fingerprint density at radius 1 is 1.43 bits per heavy atom. The van der Waals surface area contributed by atoms with E-state index in [1.165, 1.54) is 6.07 Å². The Hall–Kier alpha value is -2.70. The van der Waals surface area contributed by atoms with Crippen LogP contribution in [0, 0.1) is 0 Å². The van der Waals surface area contributed by atoms with Crippen molar-refractivity contribution in [3.05, 3.63) is 24.4 Å². The van der Waals surface area contributed by atoms with Crippen molar-refractivity contribution in [1.82, 2.24) is 10.2 Å². The molecular weight excluding hydrogens is 272 g/mol. The summed E-state index contributed by atoms with van der Waals surface area (Å²) >= 11 is 0. The molecule has 2 rings (SSSR count). The summed E-state index contributed by atoms with van der Waals surface area (Å²) in [5, 5.41) is 18.8. The Balaban J connectivity index is 2.24. The predicted molar refractivity (Wildman–Crippen MR) is 80.0 cm³/mol. The number of hydrogen-bond acceptors (Lipinski definition) is 5. The highest BCUT2D eigenvalue weighted by Crippen LogP contribution is 2.31. The van der Waals surface area contributed by atoms with E-state index in [0.29, 0.717) is 16.9 Å². The van der Waals surface area contributed by atoms with Crippen LogP contribution in [0.2, 0.25) is 0 Å². The maximum absolute atomic E-state index is 11.8. The molecule has 0 saturated heterocycles. The van der Waals surface area contributed by atoms with E-state index in [1.54, 1.807) is 39.1 Å². The van der Waals surface area contributed by atoms with E-state index >= 15 is 0 Å². The van der Waals surface area contributed by atoms with Crippen LogP contribution in [0.25, 0.3) is 11.1 Å². The van der Waals surface area contributed by atoms with Crippen LogP contribution < -0.4 is 11.1 Å². The minimum atomic E-state index is -0.643. The average molecular weight is 290 g/mol. The molecule has 0 saturated carbocycles. The molecule has 1 aromatic heterocycles. The highest BCUT2D eigenvalue weighted by atomic mass is 16.6. The standard InChI is InChI=1S/C14H18N4O3/c1-14(2,3)21-13(20)17-10-6-8(4-5-11(10)19)9-7-16-18-12(9)15/h4-7,19H,1-3H3,(H,17,20)(H3,15,16,18). The van der Waals surface area contributed by atoms with Gasteiger partial charge in [0.15, 0.2) is 0 Å². The van der Waals surface area contributed by atoms with Crippen molar-refractivity contribution >= 4 is 17.6 Å². The zero-order chi connectivity index (χ0) is 15.6. The number of ether oxygens (including phenoxy) is 1. The van der Waals surface area contributed by atoms with Crippen molar-refractivity contribution in [3.8, 4) is 16.9 Å². The van der Waals surface area contributed by atoms with Crippen molar-refractivity contribution in [2.24, 2.45) is 0 Å². The molecule has 0 aliphatic carbocycles. The van der Waals surface area contributed by atoms with Gasteiger partial charge in [-0.05, 0) is 38.5 Å². The van der Waals surface area contributed by atoms with Crippen LogP contribution in [-0.2, 0) is 4.74 Å². The number of aromatic amines is 1. The number of hydrogen-bond donors (Lipinski definition) is 4. The number of benzene rings is 1. The highest BCUT2D eigenvalue weighted by molar-refractivity contribution is 5.89. The van der Waals surface area contributed by atoms with Gasteiger partial charge in [0.25, 0.3) is 0 Å². The molecule has 2 aromatic rings. The summed E-state index contributed by atoms with van der Waals surface area (Å²) in [7, 11) is 0. The van der Waals surface area contributed by atoms with Crippen LogP contribution in [-0.4, -0.2) is 27.0 Å². The molecule has 0 atom stereocenters. The van der Waals surface area contributed by atoms with Gasteiger partial charge in [-0.1, -0.05) is 6.07 Å². The number of rotatable bonds is 2. The maximum atomic E-state index is 11.8. The number of aromatic nitrogens is 2. The minimum Gasteiger partial charge on any atom is -0.506 e. The van der Waals surface area contributed by atoms with Crippen LogP contribution in [0.4, 0.5) is 16.3 Å². The first kappa shape index (κ1) is 14.7. The lowest BCUT2D eigenvalue weighted by molar-refractivity contribution is 0.0635. The Labute approximate surface area is 122 Å². The lowest BCUT2D eigenvalue weighted by Gasteiger charge is -2.20. The zero-order valence-corrected chi connectivity index (χ0v) is 12.1. The van der Waals surface area contributed by atoms with Crippen molar-refractivity contribution in [3.63, 3.8) is 0 Å².